The van der Waals surface area contributed by atoms with Gasteiger partial charge in [-0.25, -0.2) is 4.79 Å². The van der Waals surface area contributed by atoms with Gasteiger partial charge in [-0.3, -0.25) is 14.4 Å². The molecule has 0 bridgehead atoms. The number of methoxy groups -OCH3 is 1. The Hall–Kier alpha value is -4.38. The summed E-state index contributed by atoms with van der Waals surface area (Å²) in [6, 6.07) is 16.2. The number of nitrogens with one attached hydrogen (secondary N) is 2. The molecule has 0 saturated heterocycles. The quantitative estimate of drug-likeness (QED) is 0.157. The lowest BCUT2D eigenvalue weighted by molar-refractivity contribution is -0.148. The van der Waals surface area contributed by atoms with Crippen LogP contribution >= 0.6 is 0 Å². The standard InChI is InChI=1S/C37H51N3O7Si/c1-25-19-20-40(24-27-13-17-29(45-7)18-14-27)33(42)31(25)39-32(41)30(38-35(44)47-36(2,3)4)23-26-11-15-28(16-12-26)37(5,6)34(43)46-21-22-48(8,9)10/h11-20,30H,21-24H2,1-10H3,(H,38,44)(H,39,41)/t30-/m0/s1. The lowest BCUT2D eigenvalue weighted by Gasteiger charge is -2.25. The summed E-state index contributed by atoms with van der Waals surface area (Å²) in [5.74, 6) is -0.160. The van der Waals surface area contributed by atoms with Gasteiger partial charge in [-0.05, 0) is 88.0 Å². The van der Waals surface area contributed by atoms with Crippen LogP contribution in [0.25, 0.3) is 0 Å². The van der Waals surface area contributed by atoms with Crippen LogP contribution in [-0.4, -0.2) is 56.0 Å². The number of hydrogen-bond donors (Lipinski definition) is 2. The Morgan fingerprint density at radius 1 is 0.896 bits per heavy atom. The van der Waals surface area contributed by atoms with E-state index in [0.717, 1.165) is 22.7 Å². The number of nitrogens with zero attached hydrogens (tertiary/aromatic N) is 1. The fourth-order valence-corrected chi connectivity index (χ4v) is 5.49. The maximum absolute atomic E-state index is 13.7. The van der Waals surface area contributed by atoms with Gasteiger partial charge in [0.05, 0.1) is 25.7 Å². The van der Waals surface area contributed by atoms with Crippen molar-refractivity contribution in [3.8, 4) is 5.75 Å². The normalized spacial score (nSPS) is 12.5. The van der Waals surface area contributed by atoms with Crippen LogP contribution in [0.4, 0.5) is 10.5 Å². The van der Waals surface area contributed by atoms with E-state index in [1.165, 1.54) is 4.57 Å². The van der Waals surface area contributed by atoms with Crippen LogP contribution in [0.15, 0.2) is 65.6 Å². The zero-order chi connectivity index (χ0) is 35.9. The number of benzene rings is 2. The van der Waals surface area contributed by atoms with E-state index in [1.54, 1.807) is 47.1 Å². The average molecular weight is 678 g/mol. The summed E-state index contributed by atoms with van der Waals surface area (Å²) in [6.45, 7) is 18.0. The number of rotatable bonds is 13. The zero-order valence-corrected chi connectivity index (χ0v) is 31.0. The minimum atomic E-state index is -1.34. The van der Waals surface area contributed by atoms with Crippen molar-refractivity contribution in [2.75, 3.05) is 19.0 Å². The molecule has 0 spiro atoms. The SMILES string of the molecule is COc1ccc(Cn2ccc(C)c(NC(=O)[C@H](Cc3ccc(C(C)(C)C(=O)OCC[Si](C)(C)C)cc3)NC(=O)OC(C)(C)C)c2=O)cc1. The number of carbonyl (C=O) groups is 3. The topological polar surface area (TPSA) is 125 Å². The van der Waals surface area contributed by atoms with E-state index in [2.05, 4.69) is 30.3 Å². The number of pyridine rings is 1. The summed E-state index contributed by atoms with van der Waals surface area (Å²) in [7, 11) is 0.243. The van der Waals surface area contributed by atoms with Gasteiger partial charge in [-0.1, -0.05) is 56.0 Å². The Morgan fingerprint density at radius 3 is 2.06 bits per heavy atom. The van der Waals surface area contributed by atoms with Gasteiger partial charge in [-0.2, -0.15) is 0 Å². The number of aryl methyl sites for hydroxylation is 1. The molecule has 1 atom stereocenters. The minimum Gasteiger partial charge on any atom is -0.497 e. The molecule has 3 aromatic rings. The van der Waals surface area contributed by atoms with Crippen LogP contribution in [0.5, 0.6) is 5.75 Å². The second-order valence-electron chi connectivity index (χ2n) is 14.8. The predicted octanol–water partition coefficient (Wildman–Crippen LogP) is 6.45. The van der Waals surface area contributed by atoms with Gasteiger partial charge < -0.3 is 29.4 Å². The molecule has 0 radical (unpaired) electrons. The molecule has 0 unspecified atom stereocenters. The average Bonchev–Trinajstić information content (AvgIpc) is 2.99. The first-order valence-electron chi connectivity index (χ1n) is 16.2. The van der Waals surface area contributed by atoms with Gasteiger partial charge in [0.25, 0.3) is 5.56 Å². The Morgan fingerprint density at radius 2 is 1.50 bits per heavy atom. The summed E-state index contributed by atoms with van der Waals surface area (Å²) < 4.78 is 17.8. The molecule has 0 fully saturated rings. The molecule has 1 heterocycles. The first-order chi connectivity index (χ1) is 22.3. The summed E-state index contributed by atoms with van der Waals surface area (Å²) in [6.07, 6.45) is 1.03. The number of alkyl carbamates (subject to hydrolysis) is 1. The van der Waals surface area contributed by atoms with Gasteiger partial charge in [0.1, 0.15) is 23.1 Å². The number of amides is 2. The van der Waals surface area contributed by atoms with Gasteiger partial charge >= 0.3 is 12.1 Å². The molecule has 10 nitrogen and oxygen atoms in total. The lowest BCUT2D eigenvalue weighted by Crippen LogP contribution is -2.47. The Kier molecular flexibility index (Phi) is 12.4. The largest absolute Gasteiger partial charge is 0.497 e. The number of carbonyl (C=O) groups excluding carboxylic acids is 3. The van der Waals surface area contributed by atoms with E-state index in [9.17, 15) is 19.2 Å². The van der Waals surface area contributed by atoms with Crippen LogP contribution < -0.4 is 20.9 Å². The van der Waals surface area contributed by atoms with Gasteiger partial charge in [-0.15, -0.1) is 0 Å². The zero-order valence-electron chi connectivity index (χ0n) is 30.0. The van der Waals surface area contributed by atoms with E-state index in [4.69, 9.17) is 14.2 Å². The highest BCUT2D eigenvalue weighted by molar-refractivity contribution is 6.76. The smallest absolute Gasteiger partial charge is 0.408 e. The van der Waals surface area contributed by atoms with Gasteiger partial charge in [0.2, 0.25) is 5.91 Å². The molecule has 0 aliphatic heterocycles. The summed E-state index contributed by atoms with van der Waals surface area (Å²) in [5.41, 5.74) is 1.05. The number of anilines is 1. The van der Waals surface area contributed by atoms with Crippen molar-refractivity contribution in [1.29, 1.82) is 0 Å². The molecule has 0 aliphatic carbocycles. The van der Waals surface area contributed by atoms with Crippen LogP contribution in [0.1, 0.15) is 56.9 Å². The molecule has 48 heavy (non-hydrogen) atoms. The summed E-state index contributed by atoms with van der Waals surface area (Å²) in [5, 5.41) is 5.45. The first-order valence-corrected chi connectivity index (χ1v) is 19.9. The van der Waals surface area contributed by atoms with Crippen molar-refractivity contribution < 1.29 is 28.6 Å². The van der Waals surface area contributed by atoms with Crippen LogP contribution in [0.2, 0.25) is 25.7 Å². The Labute approximate surface area is 285 Å². The van der Waals surface area contributed by atoms with E-state index in [-0.39, 0.29) is 23.6 Å². The third-order valence-corrected chi connectivity index (χ3v) is 9.56. The first kappa shape index (κ1) is 38.1. The molecular formula is C37H51N3O7Si. The van der Waals surface area contributed by atoms with E-state index < -0.39 is 37.1 Å². The lowest BCUT2D eigenvalue weighted by atomic mass is 9.84. The molecule has 0 aliphatic rings. The number of aromatic nitrogens is 1. The fourth-order valence-electron chi connectivity index (χ4n) is 4.78. The maximum Gasteiger partial charge on any atom is 0.408 e. The van der Waals surface area contributed by atoms with E-state index >= 15 is 0 Å². The van der Waals surface area contributed by atoms with E-state index in [1.807, 2.05) is 62.4 Å². The van der Waals surface area contributed by atoms with Crippen LogP contribution in [0.3, 0.4) is 0 Å². The molecule has 260 valence electrons. The number of esters is 1. The minimum absolute atomic E-state index is 0.109. The second kappa shape index (κ2) is 15.7. The highest BCUT2D eigenvalue weighted by Crippen LogP contribution is 2.26. The van der Waals surface area contributed by atoms with Crippen LogP contribution in [-0.2, 0) is 37.4 Å². The molecule has 2 aromatic carbocycles. The maximum atomic E-state index is 13.7. The number of ether oxygens (including phenoxy) is 3. The monoisotopic (exact) mass is 677 g/mol. The highest BCUT2D eigenvalue weighted by Gasteiger charge is 2.32. The molecule has 2 amide bonds. The third kappa shape index (κ3) is 11.1. The van der Waals surface area contributed by atoms with Crippen molar-refractivity contribution in [1.82, 2.24) is 9.88 Å². The van der Waals surface area contributed by atoms with Crippen molar-refractivity contribution in [2.24, 2.45) is 0 Å². The van der Waals surface area contributed by atoms with Crippen LogP contribution in [0, 0.1) is 6.92 Å². The Balaban J connectivity index is 1.82. The molecule has 0 saturated carbocycles. The summed E-state index contributed by atoms with van der Waals surface area (Å²) >= 11 is 0. The predicted molar refractivity (Wildman–Crippen MR) is 192 cm³/mol. The van der Waals surface area contributed by atoms with E-state index in [0.29, 0.717) is 24.5 Å². The number of hydrogen-bond acceptors (Lipinski definition) is 7. The highest BCUT2D eigenvalue weighted by atomic mass is 28.3. The molecule has 3 rings (SSSR count). The van der Waals surface area contributed by atoms with Gasteiger partial charge in [0, 0.05) is 20.7 Å². The van der Waals surface area contributed by atoms with Crippen molar-refractivity contribution in [2.45, 2.75) is 97.3 Å². The summed E-state index contributed by atoms with van der Waals surface area (Å²) in [4.78, 5) is 53.1. The molecular weight excluding hydrogens is 627 g/mol. The molecule has 2 N–H and O–H groups in total. The molecule has 11 heteroatoms. The van der Waals surface area contributed by atoms with Crippen molar-refractivity contribution >= 4 is 31.7 Å². The Bertz CT molecular complexity index is 1630. The van der Waals surface area contributed by atoms with Gasteiger partial charge in [0.15, 0.2) is 0 Å². The fraction of sp³-hybridized carbons (Fsp3) is 0.459. The third-order valence-electron chi connectivity index (χ3n) is 7.85. The van der Waals surface area contributed by atoms with Crippen molar-refractivity contribution in [3.63, 3.8) is 0 Å². The second-order valence-corrected chi connectivity index (χ2v) is 20.4. The van der Waals surface area contributed by atoms with Crippen molar-refractivity contribution in [3.05, 3.63) is 93.4 Å². The molecule has 1 aromatic heterocycles.